The number of benzene rings is 1. The zero-order valence-electron chi connectivity index (χ0n) is 8.65. The topological polar surface area (TPSA) is 55.4 Å². The van der Waals surface area contributed by atoms with Crippen LogP contribution in [0.3, 0.4) is 0 Å². The van der Waals surface area contributed by atoms with Crippen molar-refractivity contribution in [3.8, 4) is 0 Å². The van der Waals surface area contributed by atoms with Crippen molar-refractivity contribution in [2.75, 3.05) is 13.2 Å². The molecule has 1 atom stereocenters. The number of hydroxylamine groups is 1. The molecule has 1 aromatic rings. The number of rotatable bonds is 5. The van der Waals surface area contributed by atoms with Crippen LogP contribution in [0, 0.1) is 0 Å². The Labute approximate surface area is 91.9 Å². The summed E-state index contributed by atoms with van der Waals surface area (Å²) in [4.78, 5) is 0.190. The molecule has 0 spiro atoms. The lowest BCUT2D eigenvalue weighted by Crippen LogP contribution is -2.20. The molecule has 0 amide bonds. The maximum absolute atomic E-state index is 11.6. The van der Waals surface area contributed by atoms with E-state index in [4.69, 9.17) is 0 Å². The van der Waals surface area contributed by atoms with Gasteiger partial charge in [-0.25, -0.2) is 0 Å². The van der Waals surface area contributed by atoms with E-state index in [2.05, 4.69) is 9.76 Å². The van der Waals surface area contributed by atoms with Gasteiger partial charge < -0.3 is 0 Å². The maximum atomic E-state index is 11.6. The highest BCUT2D eigenvalue weighted by atomic mass is 32.2. The van der Waals surface area contributed by atoms with E-state index < -0.39 is 10.1 Å². The number of hydrogen-bond acceptors (Lipinski definition) is 4. The van der Waals surface area contributed by atoms with E-state index >= 15 is 0 Å². The van der Waals surface area contributed by atoms with Crippen molar-refractivity contribution in [1.29, 1.82) is 0 Å². The first-order chi connectivity index (χ1) is 7.10. The molecule has 0 aromatic heterocycles. The summed E-state index contributed by atoms with van der Waals surface area (Å²) in [6.45, 7) is 4.20. The molecule has 0 aliphatic heterocycles. The zero-order valence-corrected chi connectivity index (χ0v) is 10.5. The molecule has 15 heavy (non-hydrogen) atoms. The van der Waals surface area contributed by atoms with Crippen molar-refractivity contribution >= 4 is 24.0 Å². The lowest BCUT2D eigenvalue weighted by Gasteiger charge is -2.05. The summed E-state index contributed by atoms with van der Waals surface area (Å²) in [6, 6.07) is 6.76. The fraction of sp³-hybridized carbons (Fsp3) is 0.333. The Morgan fingerprint density at radius 3 is 2.80 bits per heavy atom. The van der Waals surface area contributed by atoms with Gasteiger partial charge in [0.15, 0.2) is 0 Å². The molecule has 1 unspecified atom stereocenters. The number of hydrogen-bond donors (Lipinski definition) is 1. The average Bonchev–Trinajstić information content (AvgIpc) is 2.26. The zero-order chi connectivity index (χ0) is 11.3. The first kappa shape index (κ1) is 12.6. The molecule has 0 radical (unpaired) electrons. The van der Waals surface area contributed by atoms with E-state index in [1.165, 1.54) is 6.07 Å². The van der Waals surface area contributed by atoms with Gasteiger partial charge in [0.05, 0.1) is 4.90 Å². The van der Waals surface area contributed by atoms with Gasteiger partial charge in [0.25, 0.3) is 0 Å². The highest BCUT2D eigenvalue weighted by Gasteiger charge is 2.14. The summed E-state index contributed by atoms with van der Waals surface area (Å²) in [6.07, 6.45) is 0. The van der Waals surface area contributed by atoms with Crippen molar-refractivity contribution in [1.82, 2.24) is 5.48 Å². The molecular weight excluding hydrogens is 233 g/mol. The minimum atomic E-state index is -3.66. The van der Waals surface area contributed by atoms with Crippen LogP contribution in [-0.4, -0.2) is 21.6 Å². The van der Waals surface area contributed by atoms with Crippen LogP contribution in [-0.2, 0) is 14.4 Å². The number of nitrogens with one attached hydrogen (secondary N) is 1. The molecule has 0 saturated heterocycles. The molecule has 84 valence electrons. The van der Waals surface area contributed by atoms with Gasteiger partial charge >= 0.3 is 10.1 Å². The van der Waals surface area contributed by atoms with E-state index in [0.29, 0.717) is 15.1 Å². The quantitative estimate of drug-likeness (QED) is 0.619. The lowest BCUT2D eigenvalue weighted by molar-refractivity contribution is 0.210. The molecule has 0 aliphatic carbocycles. The molecule has 1 aromatic carbocycles. The summed E-state index contributed by atoms with van der Waals surface area (Å²) in [7, 11) is -3.09. The minimum absolute atomic E-state index is 0.190. The highest BCUT2D eigenvalue weighted by molar-refractivity contribution is 7.86. The molecule has 0 saturated carbocycles. The van der Waals surface area contributed by atoms with Crippen molar-refractivity contribution < 1.29 is 12.7 Å². The largest absolute Gasteiger partial charge is 0.312 e. The van der Waals surface area contributed by atoms with Gasteiger partial charge in [-0.1, -0.05) is 27.6 Å². The Morgan fingerprint density at radius 1 is 1.47 bits per heavy atom. The van der Waals surface area contributed by atoms with Crippen LogP contribution in [0.25, 0.3) is 0 Å². The fourth-order valence-corrected chi connectivity index (χ4v) is 2.54. The highest BCUT2D eigenvalue weighted by Crippen LogP contribution is 2.12. The van der Waals surface area contributed by atoms with Crippen molar-refractivity contribution in [3.05, 3.63) is 24.3 Å². The van der Waals surface area contributed by atoms with Gasteiger partial charge in [0.1, 0.15) is 0 Å². The van der Waals surface area contributed by atoms with Crippen molar-refractivity contribution in [3.63, 3.8) is 0 Å². The summed E-state index contributed by atoms with van der Waals surface area (Å²) in [5.74, 6) is 0. The molecule has 1 rings (SSSR count). The summed E-state index contributed by atoms with van der Waals surface area (Å²) in [5.41, 5.74) is 2.34. The predicted molar refractivity (Wildman–Crippen MR) is 62.3 cm³/mol. The van der Waals surface area contributed by atoms with Gasteiger partial charge in [0, 0.05) is 6.54 Å². The standard InChI is InChI=1S/C9H14NO3PS/c1-3-10-13-15(11,12)9-6-4-5-8(7-9)14-2/h4-7,10,14H,3H2,1-2H3. The third kappa shape index (κ3) is 3.54. The monoisotopic (exact) mass is 247 g/mol. The maximum Gasteiger partial charge on any atom is 0.312 e. The Balaban J connectivity index is 2.94. The summed E-state index contributed by atoms with van der Waals surface area (Å²) < 4.78 is 27.7. The van der Waals surface area contributed by atoms with Gasteiger partial charge in [0.2, 0.25) is 0 Å². The van der Waals surface area contributed by atoms with Crippen LogP contribution >= 0.6 is 8.58 Å². The fourth-order valence-electron chi connectivity index (χ4n) is 0.992. The first-order valence-corrected chi connectivity index (χ1v) is 7.45. The van der Waals surface area contributed by atoms with Gasteiger partial charge in [-0.15, -0.1) is 0 Å². The molecule has 0 heterocycles. The Kier molecular flexibility index (Phi) is 4.67. The van der Waals surface area contributed by atoms with Crippen LogP contribution in [0.4, 0.5) is 0 Å². The summed E-state index contributed by atoms with van der Waals surface area (Å²) >= 11 is 0. The van der Waals surface area contributed by atoms with E-state index in [1.807, 2.05) is 12.7 Å². The van der Waals surface area contributed by atoms with Gasteiger partial charge in [-0.3, -0.25) is 0 Å². The molecule has 6 heteroatoms. The second kappa shape index (κ2) is 5.56. The first-order valence-electron chi connectivity index (χ1n) is 4.54. The van der Waals surface area contributed by atoms with Crippen LogP contribution in [0.1, 0.15) is 6.92 Å². The van der Waals surface area contributed by atoms with E-state index in [1.54, 1.807) is 19.1 Å². The average molecular weight is 247 g/mol. The van der Waals surface area contributed by atoms with Gasteiger partial charge in [-0.05, 0) is 24.1 Å². The molecule has 0 fully saturated rings. The SMILES string of the molecule is CCNOS(=O)(=O)c1cccc(PC)c1. The van der Waals surface area contributed by atoms with Gasteiger partial charge in [-0.2, -0.15) is 18.2 Å². The van der Waals surface area contributed by atoms with Crippen LogP contribution < -0.4 is 10.8 Å². The second-order valence-corrected chi connectivity index (χ2v) is 5.44. The minimum Gasteiger partial charge on any atom is -0.192 e. The van der Waals surface area contributed by atoms with Crippen molar-refractivity contribution in [2.24, 2.45) is 0 Å². The normalized spacial score (nSPS) is 12.4. The van der Waals surface area contributed by atoms with Crippen molar-refractivity contribution in [2.45, 2.75) is 11.8 Å². The Morgan fingerprint density at radius 2 is 2.20 bits per heavy atom. The predicted octanol–water partition coefficient (Wildman–Crippen LogP) is 0.850. The Hall–Kier alpha value is -0.480. The van der Waals surface area contributed by atoms with E-state index in [9.17, 15) is 8.42 Å². The van der Waals surface area contributed by atoms with E-state index in [0.717, 1.165) is 5.30 Å². The third-order valence-electron chi connectivity index (χ3n) is 1.72. The second-order valence-electron chi connectivity index (χ2n) is 2.81. The molecule has 0 bridgehead atoms. The third-order valence-corrected chi connectivity index (χ3v) is 3.78. The smallest absolute Gasteiger partial charge is 0.192 e. The van der Waals surface area contributed by atoms with E-state index in [-0.39, 0.29) is 4.90 Å². The lowest BCUT2D eigenvalue weighted by atomic mass is 10.4. The van der Waals surface area contributed by atoms with Crippen LogP contribution in [0.2, 0.25) is 0 Å². The Bertz CT molecular complexity index is 419. The summed E-state index contributed by atoms with van der Waals surface area (Å²) in [5, 5.41) is 0.996. The van der Waals surface area contributed by atoms with Crippen LogP contribution in [0.15, 0.2) is 29.2 Å². The molecule has 1 N–H and O–H groups in total. The molecule has 0 aliphatic rings. The molecular formula is C9H14NO3PS. The van der Waals surface area contributed by atoms with Crippen LogP contribution in [0.5, 0.6) is 0 Å². The molecule has 4 nitrogen and oxygen atoms in total.